The van der Waals surface area contributed by atoms with E-state index < -0.39 is 5.97 Å². The molecule has 0 saturated carbocycles. The minimum absolute atomic E-state index is 0.124. The molecule has 1 saturated heterocycles. The molecule has 1 aromatic heterocycles. The minimum atomic E-state index is -1.03. The van der Waals surface area contributed by atoms with E-state index in [1.54, 1.807) is 6.92 Å². The summed E-state index contributed by atoms with van der Waals surface area (Å²) in [6, 6.07) is 3.01. The number of hydrogen-bond acceptors (Lipinski definition) is 4. The predicted molar refractivity (Wildman–Crippen MR) is 73.9 cm³/mol. The number of carbonyl (C=O) groups is 2. The topological polar surface area (TPSA) is 82.5 Å². The first kappa shape index (κ1) is 14.5. The number of piperidine rings is 1. The number of nitrogens with one attached hydrogen (secondary N) is 1. The summed E-state index contributed by atoms with van der Waals surface area (Å²) in [5, 5.41) is 11.9. The van der Waals surface area contributed by atoms with Crippen LogP contribution in [0.1, 0.15) is 39.4 Å². The van der Waals surface area contributed by atoms with E-state index in [-0.39, 0.29) is 23.2 Å². The van der Waals surface area contributed by atoms with Crippen molar-refractivity contribution in [3.8, 4) is 0 Å². The second-order valence-corrected chi connectivity index (χ2v) is 5.21. The van der Waals surface area contributed by atoms with Gasteiger partial charge in [-0.3, -0.25) is 4.79 Å². The van der Waals surface area contributed by atoms with Crippen LogP contribution in [0.2, 0.25) is 0 Å². The molecule has 1 aliphatic heterocycles. The molecule has 6 heteroatoms. The highest BCUT2D eigenvalue weighted by Crippen LogP contribution is 2.10. The summed E-state index contributed by atoms with van der Waals surface area (Å²) in [4.78, 5) is 29.3. The smallest absolute Gasteiger partial charge is 0.337 e. The third-order valence-electron chi connectivity index (χ3n) is 3.51. The number of likely N-dealkylation sites (tertiary alicyclic amines) is 1. The van der Waals surface area contributed by atoms with Gasteiger partial charge in [0.25, 0.3) is 5.91 Å². The number of rotatable bonds is 3. The summed E-state index contributed by atoms with van der Waals surface area (Å²) in [6.07, 6.45) is 2.02. The number of hydrogen-bond donors (Lipinski definition) is 2. The van der Waals surface area contributed by atoms with Crippen LogP contribution in [-0.4, -0.2) is 53.0 Å². The molecule has 0 aliphatic carbocycles. The molecule has 1 atom stereocenters. The van der Waals surface area contributed by atoms with Crippen LogP contribution in [0.4, 0.5) is 0 Å². The first-order valence-corrected chi connectivity index (χ1v) is 6.67. The van der Waals surface area contributed by atoms with E-state index in [0.717, 1.165) is 25.9 Å². The van der Waals surface area contributed by atoms with Crippen molar-refractivity contribution in [3.05, 3.63) is 29.1 Å². The molecular weight excluding hydrogens is 258 g/mol. The van der Waals surface area contributed by atoms with Crippen molar-refractivity contribution in [1.82, 2.24) is 15.2 Å². The fourth-order valence-corrected chi connectivity index (χ4v) is 2.46. The standard InChI is InChI=1S/C14H19N3O3/c1-9-11(14(19)20)5-6-12(15-9)13(18)16-10-4-3-7-17(2)8-10/h5-6,10H,3-4,7-8H2,1-2H3,(H,16,18)(H,19,20). The molecule has 1 amide bonds. The first-order chi connectivity index (χ1) is 9.47. The lowest BCUT2D eigenvalue weighted by atomic mass is 10.1. The van der Waals surface area contributed by atoms with Gasteiger partial charge in [-0.15, -0.1) is 0 Å². The highest BCUT2D eigenvalue weighted by Gasteiger charge is 2.20. The van der Waals surface area contributed by atoms with E-state index in [4.69, 9.17) is 5.11 Å². The normalized spacial score (nSPS) is 19.6. The quantitative estimate of drug-likeness (QED) is 0.858. The Kier molecular flexibility index (Phi) is 4.34. The Morgan fingerprint density at radius 2 is 2.20 bits per heavy atom. The number of aryl methyl sites for hydroxylation is 1. The lowest BCUT2D eigenvalue weighted by Gasteiger charge is -2.30. The molecule has 1 unspecified atom stereocenters. The number of carbonyl (C=O) groups excluding carboxylic acids is 1. The number of aromatic nitrogens is 1. The molecule has 0 spiro atoms. The van der Waals surface area contributed by atoms with Gasteiger partial charge in [-0.25, -0.2) is 9.78 Å². The molecule has 0 aromatic carbocycles. The average Bonchev–Trinajstić information content (AvgIpc) is 2.38. The van der Waals surface area contributed by atoms with Crippen LogP contribution in [-0.2, 0) is 0 Å². The molecule has 1 fully saturated rings. The van der Waals surface area contributed by atoms with Crippen LogP contribution >= 0.6 is 0 Å². The zero-order valence-corrected chi connectivity index (χ0v) is 11.7. The molecule has 2 heterocycles. The Labute approximate surface area is 117 Å². The zero-order valence-electron chi connectivity index (χ0n) is 11.7. The second kappa shape index (κ2) is 6.00. The van der Waals surface area contributed by atoms with Gasteiger partial charge in [0.1, 0.15) is 5.69 Å². The van der Waals surface area contributed by atoms with Gasteiger partial charge in [0, 0.05) is 12.6 Å². The van der Waals surface area contributed by atoms with Gasteiger partial charge in [-0.2, -0.15) is 0 Å². The van der Waals surface area contributed by atoms with Gasteiger partial charge < -0.3 is 15.3 Å². The summed E-state index contributed by atoms with van der Waals surface area (Å²) in [6.45, 7) is 3.48. The predicted octanol–water partition coefficient (Wildman–Crippen LogP) is 0.912. The number of aromatic carboxylic acids is 1. The van der Waals surface area contributed by atoms with Gasteiger partial charge in [0.2, 0.25) is 0 Å². The maximum Gasteiger partial charge on any atom is 0.337 e. The Morgan fingerprint density at radius 3 is 2.80 bits per heavy atom. The number of amides is 1. The van der Waals surface area contributed by atoms with Crippen LogP contribution in [0.3, 0.4) is 0 Å². The summed E-state index contributed by atoms with van der Waals surface area (Å²) >= 11 is 0. The number of likely N-dealkylation sites (N-methyl/N-ethyl adjacent to an activating group) is 1. The lowest BCUT2D eigenvalue weighted by molar-refractivity contribution is 0.0694. The summed E-state index contributed by atoms with van der Waals surface area (Å²) in [5.74, 6) is -1.28. The largest absolute Gasteiger partial charge is 0.478 e. The Bertz CT molecular complexity index is 530. The Morgan fingerprint density at radius 1 is 1.45 bits per heavy atom. The number of carboxylic acids is 1. The van der Waals surface area contributed by atoms with Gasteiger partial charge in [0.05, 0.1) is 11.3 Å². The highest BCUT2D eigenvalue weighted by atomic mass is 16.4. The van der Waals surface area contributed by atoms with Crippen LogP contribution in [0.5, 0.6) is 0 Å². The molecule has 1 aliphatic rings. The molecule has 20 heavy (non-hydrogen) atoms. The maximum absolute atomic E-state index is 12.1. The molecule has 1 aromatic rings. The van der Waals surface area contributed by atoms with E-state index in [1.807, 2.05) is 7.05 Å². The number of pyridine rings is 1. The molecule has 2 N–H and O–H groups in total. The van der Waals surface area contributed by atoms with Crippen molar-refractivity contribution in [2.45, 2.75) is 25.8 Å². The van der Waals surface area contributed by atoms with Gasteiger partial charge in [0.15, 0.2) is 0 Å². The summed E-state index contributed by atoms with van der Waals surface area (Å²) in [5.41, 5.74) is 0.741. The van der Waals surface area contributed by atoms with Gasteiger partial charge >= 0.3 is 5.97 Å². The SMILES string of the molecule is Cc1nc(C(=O)NC2CCCN(C)C2)ccc1C(=O)O. The van der Waals surface area contributed by atoms with Crippen molar-refractivity contribution in [2.75, 3.05) is 20.1 Å². The second-order valence-electron chi connectivity index (χ2n) is 5.21. The third kappa shape index (κ3) is 3.33. The lowest BCUT2D eigenvalue weighted by Crippen LogP contribution is -2.46. The molecule has 2 rings (SSSR count). The van der Waals surface area contributed by atoms with Crippen LogP contribution < -0.4 is 5.32 Å². The number of nitrogens with zero attached hydrogens (tertiary/aromatic N) is 2. The van der Waals surface area contributed by atoms with Gasteiger partial charge in [-0.05, 0) is 45.5 Å². The molecule has 6 nitrogen and oxygen atoms in total. The summed E-state index contributed by atoms with van der Waals surface area (Å²) < 4.78 is 0. The molecule has 0 bridgehead atoms. The van der Waals surface area contributed by atoms with E-state index in [9.17, 15) is 9.59 Å². The molecule has 0 radical (unpaired) electrons. The maximum atomic E-state index is 12.1. The van der Waals surface area contributed by atoms with E-state index in [1.165, 1.54) is 12.1 Å². The molecular formula is C14H19N3O3. The Hall–Kier alpha value is -1.95. The van der Waals surface area contributed by atoms with E-state index >= 15 is 0 Å². The van der Waals surface area contributed by atoms with Crippen molar-refractivity contribution in [1.29, 1.82) is 0 Å². The van der Waals surface area contributed by atoms with Crippen LogP contribution in [0.15, 0.2) is 12.1 Å². The number of carboxylic acid groups (broad SMARTS) is 1. The average molecular weight is 277 g/mol. The third-order valence-corrected chi connectivity index (χ3v) is 3.51. The molecule has 108 valence electrons. The first-order valence-electron chi connectivity index (χ1n) is 6.67. The fourth-order valence-electron chi connectivity index (χ4n) is 2.46. The minimum Gasteiger partial charge on any atom is -0.478 e. The summed E-state index contributed by atoms with van der Waals surface area (Å²) in [7, 11) is 2.03. The fraction of sp³-hybridized carbons (Fsp3) is 0.500. The van der Waals surface area contributed by atoms with Crippen molar-refractivity contribution < 1.29 is 14.7 Å². The van der Waals surface area contributed by atoms with Gasteiger partial charge in [-0.1, -0.05) is 0 Å². The van der Waals surface area contributed by atoms with Crippen molar-refractivity contribution in [2.24, 2.45) is 0 Å². The highest BCUT2D eigenvalue weighted by molar-refractivity contribution is 5.94. The van der Waals surface area contributed by atoms with Crippen molar-refractivity contribution in [3.63, 3.8) is 0 Å². The van der Waals surface area contributed by atoms with Crippen LogP contribution in [0, 0.1) is 6.92 Å². The Balaban J connectivity index is 2.05. The van der Waals surface area contributed by atoms with E-state index in [2.05, 4.69) is 15.2 Å². The van der Waals surface area contributed by atoms with Crippen LogP contribution in [0.25, 0.3) is 0 Å². The monoisotopic (exact) mass is 277 g/mol. The van der Waals surface area contributed by atoms with E-state index in [0.29, 0.717) is 5.69 Å². The zero-order chi connectivity index (χ0) is 14.7. The van der Waals surface area contributed by atoms with Crippen molar-refractivity contribution >= 4 is 11.9 Å².